The van der Waals surface area contributed by atoms with Gasteiger partial charge in [-0.15, -0.1) is 0 Å². The van der Waals surface area contributed by atoms with Crippen molar-refractivity contribution < 1.29 is 9.90 Å². The molecule has 102 valence electrons. The van der Waals surface area contributed by atoms with Gasteiger partial charge in [0.05, 0.1) is 16.6 Å². The lowest BCUT2D eigenvalue weighted by molar-refractivity contribution is 0.0698. The summed E-state index contributed by atoms with van der Waals surface area (Å²) in [4.78, 5) is 22.7. The molecule has 7 nitrogen and oxygen atoms in total. The number of aromatic carboxylic acids is 1. The Kier molecular flexibility index (Phi) is 2.28. The molecule has 0 amide bonds. The molecule has 4 rings (SSSR count). The van der Waals surface area contributed by atoms with Crippen LogP contribution in [0.2, 0.25) is 0 Å². The number of para-hydroxylation sites is 1. The number of nitrogens with zero attached hydrogens (tertiary/aromatic N) is 3. The number of aromatic nitrogens is 5. The van der Waals surface area contributed by atoms with E-state index in [0.717, 1.165) is 10.9 Å². The van der Waals surface area contributed by atoms with E-state index in [9.17, 15) is 9.90 Å². The summed E-state index contributed by atoms with van der Waals surface area (Å²) in [7, 11) is 0. The van der Waals surface area contributed by atoms with Crippen LogP contribution in [0.5, 0.6) is 0 Å². The molecule has 0 saturated carbocycles. The zero-order chi connectivity index (χ0) is 14.4. The lowest BCUT2D eigenvalue weighted by Crippen LogP contribution is -1.97. The van der Waals surface area contributed by atoms with Crippen LogP contribution in [0.1, 0.15) is 10.4 Å². The van der Waals surface area contributed by atoms with Crippen LogP contribution in [-0.4, -0.2) is 36.2 Å². The van der Waals surface area contributed by atoms with E-state index in [1.165, 1.54) is 12.3 Å². The van der Waals surface area contributed by atoms with Crippen LogP contribution in [0.15, 0.2) is 36.5 Å². The smallest absolute Gasteiger partial charge is 0.338 e. The number of aromatic amines is 2. The number of rotatable bonds is 2. The molecule has 0 aliphatic rings. The third-order valence-corrected chi connectivity index (χ3v) is 3.32. The van der Waals surface area contributed by atoms with E-state index in [-0.39, 0.29) is 5.56 Å². The van der Waals surface area contributed by atoms with Gasteiger partial charge in [0.25, 0.3) is 0 Å². The van der Waals surface area contributed by atoms with Gasteiger partial charge in [-0.05, 0) is 12.1 Å². The van der Waals surface area contributed by atoms with E-state index in [0.29, 0.717) is 22.7 Å². The van der Waals surface area contributed by atoms with Crippen molar-refractivity contribution in [2.75, 3.05) is 0 Å². The van der Waals surface area contributed by atoms with Crippen LogP contribution in [0.4, 0.5) is 0 Å². The number of carboxylic acid groups (broad SMARTS) is 1. The Morgan fingerprint density at radius 3 is 2.90 bits per heavy atom. The molecule has 0 bridgehead atoms. The number of H-pyrrole nitrogens is 2. The van der Waals surface area contributed by atoms with E-state index >= 15 is 0 Å². The molecule has 1 aromatic carbocycles. The molecular formula is C14H9N5O2. The van der Waals surface area contributed by atoms with Gasteiger partial charge in [0, 0.05) is 11.6 Å². The van der Waals surface area contributed by atoms with Gasteiger partial charge in [0.15, 0.2) is 11.5 Å². The maximum atomic E-state index is 11.2. The average Bonchev–Trinajstić information content (AvgIpc) is 3.09. The topological polar surface area (TPSA) is 108 Å². The summed E-state index contributed by atoms with van der Waals surface area (Å²) >= 11 is 0. The normalized spacial score (nSPS) is 11.2. The Morgan fingerprint density at radius 2 is 2.05 bits per heavy atom. The second kappa shape index (κ2) is 4.14. The molecule has 3 heterocycles. The summed E-state index contributed by atoms with van der Waals surface area (Å²) in [5, 5.41) is 17.3. The molecule has 0 atom stereocenters. The van der Waals surface area contributed by atoms with Crippen molar-refractivity contribution in [3.63, 3.8) is 0 Å². The lowest BCUT2D eigenvalue weighted by Gasteiger charge is -1.94. The van der Waals surface area contributed by atoms with E-state index in [4.69, 9.17) is 0 Å². The number of hydrogen-bond donors (Lipinski definition) is 3. The van der Waals surface area contributed by atoms with E-state index in [1.54, 1.807) is 0 Å². The Bertz CT molecular complexity index is 985. The largest absolute Gasteiger partial charge is 0.478 e. The SMILES string of the molecule is O=C(O)c1ccnc2nc(-c3n[nH]c4ccccc34)[nH]c12. The number of carboxylic acids is 1. The first-order valence-corrected chi connectivity index (χ1v) is 6.25. The van der Waals surface area contributed by atoms with Crippen LogP contribution < -0.4 is 0 Å². The molecule has 4 aromatic rings. The zero-order valence-corrected chi connectivity index (χ0v) is 10.7. The zero-order valence-electron chi connectivity index (χ0n) is 10.7. The third kappa shape index (κ3) is 1.68. The van der Waals surface area contributed by atoms with Gasteiger partial charge in [-0.2, -0.15) is 5.10 Å². The van der Waals surface area contributed by atoms with Gasteiger partial charge in [-0.3, -0.25) is 5.10 Å². The molecular weight excluding hydrogens is 270 g/mol. The molecule has 0 saturated heterocycles. The standard InChI is InChI=1S/C14H9N5O2/c20-14(21)8-5-6-15-12-10(8)16-13(17-12)11-7-3-1-2-4-9(7)18-19-11/h1-6H,(H,18,19)(H,20,21)(H,15,16,17). The summed E-state index contributed by atoms with van der Waals surface area (Å²) in [6.45, 7) is 0. The predicted octanol–water partition coefficient (Wildman–Crippen LogP) is 2.20. The number of pyridine rings is 1. The highest BCUT2D eigenvalue weighted by molar-refractivity contribution is 6.01. The fourth-order valence-corrected chi connectivity index (χ4v) is 2.35. The number of benzene rings is 1. The van der Waals surface area contributed by atoms with Crippen molar-refractivity contribution in [1.29, 1.82) is 0 Å². The van der Waals surface area contributed by atoms with Crippen molar-refractivity contribution >= 4 is 28.0 Å². The molecule has 3 aromatic heterocycles. The Labute approximate surface area is 117 Å². The van der Waals surface area contributed by atoms with Gasteiger partial charge < -0.3 is 10.1 Å². The fourth-order valence-electron chi connectivity index (χ4n) is 2.35. The summed E-state index contributed by atoms with van der Waals surface area (Å²) in [5.74, 6) is -0.534. The van der Waals surface area contributed by atoms with Crippen LogP contribution in [0.25, 0.3) is 33.6 Å². The Morgan fingerprint density at radius 1 is 1.19 bits per heavy atom. The predicted molar refractivity (Wildman–Crippen MR) is 75.9 cm³/mol. The molecule has 7 heteroatoms. The van der Waals surface area contributed by atoms with Gasteiger partial charge in [0.2, 0.25) is 0 Å². The van der Waals surface area contributed by atoms with Crippen molar-refractivity contribution in [3.8, 4) is 11.5 Å². The van der Waals surface area contributed by atoms with Crippen LogP contribution in [0.3, 0.4) is 0 Å². The first kappa shape index (κ1) is 11.6. The van der Waals surface area contributed by atoms with Crippen LogP contribution >= 0.6 is 0 Å². The van der Waals surface area contributed by atoms with Gasteiger partial charge in [-0.1, -0.05) is 18.2 Å². The van der Waals surface area contributed by atoms with Gasteiger partial charge >= 0.3 is 5.97 Å². The molecule has 0 aliphatic heterocycles. The van der Waals surface area contributed by atoms with Crippen molar-refractivity contribution in [2.24, 2.45) is 0 Å². The lowest BCUT2D eigenvalue weighted by atomic mass is 10.2. The molecule has 21 heavy (non-hydrogen) atoms. The highest BCUT2D eigenvalue weighted by Crippen LogP contribution is 2.26. The Hall–Kier alpha value is -3.22. The quantitative estimate of drug-likeness (QED) is 0.521. The number of carbonyl (C=O) groups is 1. The summed E-state index contributed by atoms with van der Waals surface area (Å²) < 4.78 is 0. The minimum atomic E-state index is -1.02. The number of imidazole rings is 1. The molecule has 0 unspecified atom stereocenters. The second-order valence-electron chi connectivity index (χ2n) is 4.57. The molecule has 0 radical (unpaired) electrons. The fraction of sp³-hybridized carbons (Fsp3) is 0. The molecule has 0 aliphatic carbocycles. The summed E-state index contributed by atoms with van der Waals surface area (Å²) in [6, 6.07) is 9.09. The minimum Gasteiger partial charge on any atom is -0.478 e. The van der Waals surface area contributed by atoms with Crippen molar-refractivity contribution in [2.45, 2.75) is 0 Å². The molecule has 3 N–H and O–H groups in total. The number of fused-ring (bicyclic) bond motifs is 2. The number of nitrogens with one attached hydrogen (secondary N) is 2. The maximum absolute atomic E-state index is 11.2. The molecule has 0 fully saturated rings. The van der Waals surface area contributed by atoms with Crippen molar-refractivity contribution in [1.82, 2.24) is 25.1 Å². The highest BCUT2D eigenvalue weighted by atomic mass is 16.4. The van der Waals surface area contributed by atoms with Crippen LogP contribution in [-0.2, 0) is 0 Å². The highest BCUT2D eigenvalue weighted by Gasteiger charge is 2.16. The van der Waals surface area contributed by atoms with Gasteiger partial charge in [-0.25, -0.2) is 14.8 Å². The first-order valence-electron chi connectivity index (χ1n) is 6.25. The first-order chi connectivity index (χ1) is 10.2. The van der Waals surface area contributed by atoms with Crippen molar-refractivity contribution in [3.05, 3.63) is 42.1 Å². The minimum absolute atomic E-state index is 0.138. The maximum Gasteiger partial charge on any atom is 0.338 e. The monoisotopic (exact) mass is 279 g/mol. The number of hydrogen-bond acceptors (Lipinski definition) is 4. The van der Waals surface area contributed by atoms with Gasteiger partial charge in [0.1, 0.15) is 5.69 Å². The molecule has 0 spiro atoms. The van der Waals surface area contributed by atoms with E-state index in [2.05, 4.69) is 25.1 Å². The van der Waals surface area contributed by atoms with E-state index in [1.807, 2.05) is 24.3 Å². The second-order valence-corrected chi connectivity index (χ2v) is 4.57. The van der Waals surface area contributed by atoms with E-state index < -0.39 is 5.97 Å². The third-order valence-electron chi connectivity index (χ3n) is 3.32. The van der Waals surface area contributed by atoms with Crippen LogP contribution in [0, 0.1) is 0 Å². The average molecular weight is 279 g/mol. The summed E-state index contributed by atoms with van der Waals surface area (Å²) in [5.41, 5.74) is 2.42. The Balaban J connectivity index is 1.99. The summed E-state index contributed by atoms with van der Waals surface area (Å²) in [6.07, 6.45) is 1.43.